The molecule has 0 bridgehead atoms. The van der Waals surface area contributed by atoms with Crippen molar-refractivity contribution in [3.63, 3.8) is 0 Å². The van der Waals surface area contributed by atoms with Crippen molar-refractivity contribution in [3.8, 4) is 0 Å². The van der Waals surface area contributed by atoms with Gasteiger partial charge in [-0.1, -0.05) is 11.6 Å². The van der Waals surface area contributed by atoms with Crippen LogP contribution in [0, 0.1) is 13.8 Å². The molecule has 1 aromatic heterocycles. The Balaban J connectivity index is 1.75. The molecule has 1 aliphatic carbocycles. The number of nitrogens with one attached hydrogen (secondary N) is 1. The maximum atomic E-state index is 12.1. The number of hydrogen-bond donors (Lipinski definition) is 1. The van der Waals surface area contributed by atoms with Crippen molar-refractivity contribution in [2.75, 3.05) is 13.2 Å². The second kappa shape index (κ2) is 8.71. The molecule has 1 amide bonds. The highest BCUT2D eigenvalue weighted by atomic mass is 16.5. The molecule has 0 saturated carbocycles. The predicted octanol–water partition coefficient (Wildman–Crippen LogP) is 3.29. The first-order valence-corrected chi connectivity index (χ1v) is 8.81. The molecule has 132 valence electrons. The van der Waals surface area contributed by atoms with Gasteiger partial charge in [-0.3, -0.25) is 4.79 Å². The van der Waals surface area contributed by atoms with Crippen LogP contribution in [0.3, 0.4) is 0 Å². The third kappa shape index (κ3) is 4.73. The van der Waals surface area contributed by atoms with E-state index in [0.29, 0.717) is 12.1 Å². The standard InChI is InChI=1S/C19H28N2O3/c1-4-21-14(2)12-17(15(21)3)19(23)24-13-18(22)20-11-10-16-8-6-5-7-9-16/h8,12H,4-7,9-11,13H2,1-3H3,(H,20,22). The van der Waals surface area contributed by atoms with Gasteiger partial charge in [-0.2, -0.15) is 0 Å². The highest BCUT2D eigenvalue weighted by Crippen LogP contribution is 2.19. The molecule has 0 aromatic carbocycles. The number of amides is 1. The van der Waals surface area contributed by atoms with E-state index in [-0.39, 0.29) is 12.5 Å². The second-order valence-corrected chi connectivity index (χ2v) is 6.31. The molecule has 24 heavy (non-hydrogen) atoms. The lowest BCUT2D eigenvalue weighted by Gasteiger charge is -2.13. The number of aromatic nitrogens is 1. The SMILES string of the molecule is CCn1c(C)cc(C(=O)OCC(=O)NCCC2=CCCCC2)c1C. The van der Waals surface area contributed by atoms with Gasteiger partial charge in [-0.15, -0.1) is 0 Å². The Morgan fingerprint density at radius 3 is 2.71 bits per heavy atom. The molecule has 0 spiro atoms. The van der Waals surface area contributed by atoms with Crippen LogP contribution in [0.1, 0.15) is 60.8 Å². The van der Waals surface area contributed by atoms with Gasteiger partial charge in [0.25, 0.3) is 5.91 Å². The van der Waals surface area contributed by atoms with Crippen molar-refractivity contribution >= 4 is 11.9 Å². The first-order chi connectivity index (χ1) is 11.5. The van der Waals surface area contributed by atoms with E-state index in [0.717, 1.165) is 37.2 Å². The van der Waals surface area contributed by atoms with E-state index in [9.17, 15) is 9.59 Å². The molecule has 1 N–H and O–H groups in total. The molecule has 1 aromatic rings. The fourth-order valence-corrected chi connectivity index (χ4v) is 3.25. The van der Waals surface area contributed by atoms with Crippen molar-refractivity contribution in [2.45, 2.75) is 59.4 Å². The lowest BCUT2D eigenvalue weighted by Crippen LogP contribution is -2.30. The van der Waals surface area contributed by atoms with Crippen LogP contribution in [-0.4, -0.2) is 29.6 Å². The summed E-state index contributed by atoms with van der Waals surface area (Å²) in [7, 11) is 0. The Hall–Kier alpha value is -2.04. The zero-order valence-corrected chi connectivity index (χ0v) is 15.0. The monoisotopic (exact) mass is 332 g/mol. The number of hydrogen-bond acceptors (Lipinski definition) is 3. The van der Waals surface area contributed by atoms with Crippen molar-refractivity contribution in [1.29, 1.82) is 0 Å². The van der Waals surface area contributed by atoms with E-state index in [1.807, 2.05) is 26.8 Å². The average molecular weight is 332 g/mol. The summed E-state index contributed by atoms with van der Waals surface area (Å²) in [5.41, 5.74) is 3.86. The number of carbonyl (C=O) groups excluding carboxylic acids is 2. The van der Waals surface area contributed by atoms with E-state index in [1.54, 1.807) is 0 Å². The second-order valence-electron chi connectivity index (χ2n) is 6.31. The molecule has 0 radical (unpaired) electrons. The average Bonchev–Trinajstić information content (AvgIpc) is 2.87. The summed E-state index contributed by atoms with van der Waals surface area (Å²) in [4.78, 5) is 24.0. The van der Waals surface area contributed by atoms with Gasteiger partial charge < -0.3 is 14.6 Å². The minimum Gasteiger partial charge on any atom is -0.452 e. The van der Waals surface area contributed by atoms with Crippen LogP contribution in [0.15, 0.2) is 17.7 Å². The Morgan fingerprint density at radius 1 is 1.29 bits per heavy atom. The highest BCUT2D eigenvalue weighted by Gasteiger charge is 2.17. The Morgan fingerprint density at radius 2 is 2.08 bits per heavy atom. The maximum Gasteiger partial charge on any atom is 0.340 e. The molecule has 5 nitrogen and oxygen atoms in total. The van der Waals surface area contributed by atoms with Crippen LogP contribution >= 0.6 is 0 Å². The number of esters is 1. The first kappa shape index (κ1) is 18.3. The Kier molecular flexibility index (Phi) is 6.64. The third-order valence-corrected chi connectivity index (χ3v) is 4.60. The largest absolute Gasteiger partial charge is 0.452 e. The van der Waals surface area contributed by atoms with Crippen LogP contribution in [-0.2, 0) is 16.1 Å². The van der Waals surface area contributed by atoms with Crippen molar-refractivity contribution in [1.82, 2.24) is 9.88 Å². The third-order valence-electron chi connectivity index (χ3n) is 4.60. The normalized spacial score (nSPS) is 14.2. The van der Waals surface area contributed by atoms with Crippen molar-refractivity contribution < 1.29 is 14.3 Å². The minimum absolute atomic E-state index is 0.228. The Bertz CT molecular complexity index is 629. The zero-order chi connectivity index (χ0) is 17.5. The fraction of sp³-hybridized carbons (Fsp3) is 0.579. The predicted molar refractivity (Wildman–Crippen MR) is 94.0 cm³/mol. The molecular weight excluding hydrogens is 304 g/mol. The molecule has 0 fully saturated rings. The van der Waals surface area contributed by atoms with E-state index < -0.39 is 5.97 Å². The van der Waals surface area contributed by atoms with E-state index in [4.69, 9.17) is 4.74 Å². The van der Waals surface area contributed by atoms with Gasteiger partial charge in [0.1, 0.15) is 0 Å². The lowest BCUT2D eigenvalue weighted by molar-refractivity contribution is -0.124. The summed E-state index contributed by atoms with van der Waals surface area (Å²) < 4.78 is 7.20. The maximum absolute atomic E-state index is 12.1. The summed E-state index contributed by atoms with van der Waals surface area (Å²) in [5.74, 6) is -0.683. The molecule has 0 aliphatic heterocycles. The first-order valence-electron chi connectivity index (χ1n) is 8.81. The summed E-state index contributed by atoms with van der Waals surface area (Å²) >= 11 is 0. The van der Waals surface area contributed by atoms with Crippen molar-refractivity contribution in [2.24, 2.45) is 0 Å². The van der Waals surface area contributed by atoms with Gasteiger partial charge in [0.15, 0.2) is 6.61 Å². The van der Waals surface area contributed by atoms with Gasteiger partial charge in [0, 0.05) is 24.5 Å². The van der Waals surface area contributed by atoms with Gasteiger partial charge >= 0.3 is 5.97 Å². The number of rotatable bonds is 7. The quantitative estimate of drug-likeness (QED) is 0.616. The summed E-state index contributed by atoms with van der Waals surface area (Å²) in [6, 6.07) is 1.81. The zero-order valence-electron chi connectivity index (χ0n) is 15.0. The topological polar surface area (TPSA) is 60.3 Å². The van der Waals surface area contributed by atoms with Crippen LogP contribution in [0.25, 0.3) is 0 Å². The summed E-state index contributed by atoms with van der Waals surface area (Å²) in [5, 5.41) is 2.82. The molecule has 5 heteroatoms. The number of aryl methyl sites for hydroxylation is 1. The molecule has 0 saturated heterocycles. The fourth-order valence-electron chi connectivity index (χ4n) is 3.25. The van der Waals surface area contributed by atoms with Gasteiger partial charge in [0.2, 0.25) is 0 Å². The van der Waals surface area contributed by atoms with E-state index in [1.165, 1.54) is 18.4 Å². The summed E-state index contributed by atoms with van der Waals surface area (Å²) in [6.45, 7) is 7.07. The van der Waals surface area contributed by atoms with E-state index in [2.05, 4.69) is 16.0 Å². The van der Waals surface area contributed by atoms with Gasteiger partial charge in [-0.25, -0.2) is 4.79 Å². The van der Waals surface area contributed by atoms with Crippen LogP contribution in [0.2, 0.25) is 0 Å². The molecule has 2 rings (SSSR count). The van der Waals surface area contributed by atoms with Crippen LogP contribution < -0.4 is 5.32 Å². The molecule has 1 heterocycles. The highest BCUT2D eigenvalue weighted by molar-refractivity contribution is 5.92. The molecule has 0 atom stereocenters. The van der Waals surface area contributed by atoms with Gasteiger partial charge in [-0.05, 0) is 58.9 Å². The molecular formula is C19H28N2O3. The van der Waals surface area contributed by atoms with Crippen LogP contribution in [0.4, 0.5) is 0 Å². The number of allylic oxidation sites excluding steroid dienone is 1. The number of nitrogens with zero attached hydrogens (tertiary/aromatic N) is 1. The van der Waals surface area contributed by atoms with Gasteiger partial charge in [0.05, 0.1) is 5.56 Å². The van der Waals surface area contributed by atoms with Crippen LogP contribution in [0.5, 0.6) is 0 Å². The molecule has 0 unspecified atom stereocenters. The number of carbonyl (C=O) groups is 2. The lowest BCUT2D eigenvalue weighted by atomic mass is 9.97. The van der Waals surface area contributed by atoms with E-state index >= 15 is 0 Å². The molecule has 1 aliphatic rings. The Labute approximate surface area is 144 Å². The van der Waals surface area contributed by atoms with Crippen molar-refractivity contribution in [3.05, 3.63) is 34.7 Å². The summed E-state index contributed by atoms with van der Waals surface area (Å²) in [6.07, 6.45) is 7.96. The number of ether oxygens (including phenoxy) is 1. The smallest absolute Gasteiger partial charge is 0.340 e. The minimum atomic E-state index is -0.437.